The second-order valence-electron chi connectivity index (χ2n) is 16.5. The van der Waals surface area contributed by atoms with Gasteiger partial charge in [0, 0.05) is 7.11 Å². The van der Waals surface area contributed by atoms with Crippen molar-refractivity contribution in [2.75, 3.05) is 203 Å². The van der Waals surface area contributed by atoms with Crippen molar-refractivity contribution in [3.05, 3.63) is 0 Å². The van der Waals surface area contributed by atoms with Crippen LogP contribution in [-0.2, 0) is 14.2 Å². The first-order valence-corrected chi connectivity index (χ1v) is 16.2. The number of hydrogen-bond donors (Lipinski definition) is 0. The van der Waals surface area contributed by atoms with E-state index in [1.54, 1.807) is 7.11 Å². The maximum absolute atomic E-state index is 6.12. The lowest BCUT2D eigenvalue weighted by Crippen LogP contribution is -3.00. The van der Waals surface area contributed by atoms with Crippen LogP contribution < -0.4 is 74.4 Å². The predicted octanol–water partition coefficient (Wildman–Crippen LogP) is -16.4. The molecule has 0 amide bonds. The number of likely N-dealkylation sites (N-methyl/N-ethyl adjacent to an activating group) is 6. The molecule has 0 aliphatic rings. The minimum absolute atomic E-state index is 0. The highest BCUT2D eigenvalue weighted by Crippen LogP contribution is 2.07. The molecule has 0 radical (unpaired) electrons. The number of halogens is 6. The normalized spacial score (nSPS) is 12.4. The molecule has 0 bridgehead atoms. The third-order valence-corrected chi connectivity index (χ3v) is 9.03. The van der Waals surface area contributed by atoms with Gasteiger partial charge in [0.1, 0.15) is 72.0 Å². The summed E-state index contributed by atoms with van der Waals surface area (Å²) in [6, 6.07) is 0. The van der Waals surface area contributed by atoms with Crippen molar-refractivity contribution >= 4 is 0 Å². The molecule has 0 atom stereocenters. The molecule has 0 aromatic carbocycles. The van der Waals surface area contributed by atoms with Crippen molar-refractivity contribution in [3.8, 4) is 0 Å². The monoisotopic (exact) mass is 804 g/mol. The first-order valence-electron chi connectivity index (χ1n) is 16.2. The molecule has 0 fully saturated rings. The number of methoxy groups -OCH3 is 1. The number of rotatable bonds is 26. The van der Waals surface area contributed by atoms with Gasteiger partial charge in [-0.25, -0.2) is 0 Å². The maximum Gasteiger partial charge on any atom is 0.128 e. The average Bonchev–Trinajstić information content (AvgIpc) is 2.84. The summed E-state index contributed by atoms with van der Waals surface area (Å²) >= 11 is 0. The average molecular weight is 808 g/mol. The third-order valence-electron chi connectivity index (χ3n) is 9.03. The Kier molecular flexibility index (Phi) is 40.4. The van der Waals surface area contributed by atoms with Crippen molar-refractivity contribution in [2.45, 2.75) is 13.3 Å². The molecule has 0 aliphatic heterocycles. The van der Waals surface area contributed by atoms with Crippen molar-refractivity contribution in [3.63, 3.8) is 0 Å². The van der Waals surface area contributed by atoms with Gasteiger partial charge >= 0.3 is 0 Å². The fourth-order valence-corrected chi connectivity index (χ4v) is 4.69. The molecule has 9 nitrogen and oxygen atoms in total. The second kappa shape index (κ2) is 29.9. The lowest BCUT2D eigenvalue weighted by Gasteiger charge is -2.36. The standard InChI is InChI=1S/C32H78N6O3.6ClH/c1-15-16-33(2,3)17-18-35(6,7)24-29-40-31-26-37(10,11)21-22-38(12,13)27-32-41-30-25-36(8,9)20-19-34(4,5)23-28-39-14;;;;;;/h15-32H2,1-14H3;6*1H/q+6;;;;;;/p-6. The minimum atomic E-state index is 0. The molecular weight excluding hydrogens is 729 g/mol. The van der Waals surface area contributed by atoms with Crippen LogP contribution in [0.4, 0.5) is 0 Å². The molecule has 0 aromatic rings. The molecule has 0 aromatic heterocycles. The lowest BCUT2D eigenvalue weighted by molar-refractivity contribution is -0.948. The summed E-state index contributed by atoms with van der Waals surface area (Å²) in [6.45, 7) is 19.9. The molecule has 15 heteroatoms. The van der Waals surface area contributed by atoms with Crippen LogP contribution in [0.25, 0.3) is 0 Å². The summed E-state index contributed by atoms with van der Waals surface area (Å²) in [6.07, 6.45) is 1.24. The second-order valence-corrected chi connectivity index (χ2v) is 16.5. The number of nitrogens with zero attached hydrogens (tertiary/aromatic N) is 6. The molecule has 47 heavy (non-hydrogen) atoms. The van der Waals surface area contributed by atoms with Crippen molar-refractivity contribution in [1.29, 1.82) is 0 Å². The first kappa shape index (κ1) is 63.4. The first-order chi connectivity index (χ1) is 18.7. The summed E-state index contributed by atoms with van der Waals surface area (Å²) < 4.78 is 23.6. The van der Waals surface area contributed by atoms with Crippen LogP contribution in [0, 0.1) is 0 Å². The molecule has 0 heterocycles. The quantitative estimate of drug-likeness (QED) is 0.0644. The molecule has 0 spiro atoms. The Labute approximate surface area is 330 Å². The number of quaternary nitrogens is 6. The van der Waals surface area contributed by atoms with Crippen LogP contribution in [0.2, 0.25) is 0 Å². The number of ether oxygens (including phenoxy) is 3. The van der Waals surface area contributed by atoms with Crippen LogP contribution in [0.15, 0.2) is 0 Å². The van der Waals surface area contributed by atoms with Crippen LogP contribution in [0.5, 0.6) is 0 Å². The van der Waals surface area contributed by atoms with Gasteiger partial charge in [0.15, 0.2) is 0 Å². The van der Waals surface area contributed by atoms with Gasteiger partial charge in [-0.05, 0) is 6.42 Å². The third kappa shape index (κ3) is 37.0. The Morgan fingerprint density at radius 3 is 0.681 bits per heavy atom. The van der Waals surface area contributed by atoms with E-state index in [4.69, 9.17) is 14.2 Å². The zero-order valence-electron chi connectivity index (χ0n) is 32.9. The molecular formula is C32H78Cl6N6O3. The molecule has 0 unspecified atom stereocenters. The van der Waals surface area contributed by atoms with Crippen LogP contribution >= 0.6 is 0 Å². The minimum Gasteiger partial charge on any atom is -1.00 e. The maximum atomic E-state index is 6.12. The van der Waals surface area contributed by atoms with E-state index in [-0.39, 0.29) is 74.4 Å². The Morgan fingerprint density at radius 2 is 0.489 bits per heavy atom. The summed E-state index contributed by atoms with van der Waals surface area (Å²) in [5, 5.41) is 0. The fraction of sp³-hybridized carbons (Fsp3) is 1.00. The van der Waals surface area contributed by atoms with E-state index in [0.717, 1.165) is 119 Å². The Hall–Kier alpha value is 1.38. The van der Waals surface area contributed by atoms with Crippen molar-refractivity contribution in [2.24, 2.45) is 0 Å². The molecule has 0 rings (SSSR count). The van der Waals surface area contributed by atoms with Gasteiger partial charge in [0.05, 0.1) is 124 Å². The van der Waals surface area contributed by atoms with E-state index in [0.29, 0.717) is 0 Å². The highest BCUT2D eigenvalue weighted by molar-refractivity contribution is 4.43. The summed E-state index contributed by atoms with van der Waals surface area (Å²) in [5.74, 6) is 0. The van der Waals surface area contributed by atoms with E-state index in [1.807, 2.05) is 0 Å². The van der Waals surface area contributed by atoms with Gasteiger partial charge in [-0.2, -0.15) is 0 Å². The lowest BCUT2D eigenvalue weighted by atomic mass is 10.3. The van der Waals surface area contributed by atoms with Gasteiger partial charge in [-0.1, -0.05) is 6.92 Å². The van der Waals surface area contributed by atoms with E-state index in [1.165, 1.54) is 26.1 Å². The Morgan fingerprint density at radius 1 is 0.298 bits per heavy atom. The van der Waals surface area contributed by atoms with Gasteiger partial charge in [0.25, 0.3) is 0 Å². The number of hydrogen-bond acceptors (Lipinski definition) is 3. The van der Waals surface area contributed by atoms with Crippen molar-refractivity contribution in [1.82, 2.24) is 0 Å². The van der Waals surface area contributed by atoms with Gasteiger partial charge in [0.2, 0.25) is 0 Å². The summed E-state index contributed by atoms with van der Waals surface area (Å²) in [4.78, 5) is 0. The topological polar surface area (TPSA) is 27.7 Å². The highest BCUT2D eigenvalue weighted by Gasteiger charge is 2.25. The predicted molar refractivity (Wildman–Crippen MR) is 175 cm³/mol. The van der Waals surface area contributed by atoms with E-state index in [2.05, 4.69) is 91.5 Å². The summed E-state index contributed by atoms with van der Waals surface area (Å²) in [5.41, 5.74) is 0. The molecule has 296 valence electrons. The van der Waals surface area contributed by atoms with E-state index >= 15 is 0 Å². The highest BCUT2D eigenvalue weighted by atomic mass is 35.5. The molecule has 0 saturated carbocycles. The van der Waals surface area contributed by atoms with E-state index in [9.17, 15) is 0 Å². The van der Waals surface area contributed by atoms with Crippen LogP contribution in [0.3, 0.4) is 0 Å². The molecule has 0 aliphatic carbocycles. The fourth-order valence-electron chi connectivity index (χ4n) is 4.69. The summed E-state index contributed by atoms with van der Waals surface area (Å²) in [7, 11) is 29.7. The van der Waals surface area contributed by atoms with Gasteiger partial charge in [-0.3, -0.25) is 0 Å². The Balaban J connectivity index is -0.000000533. The van der Waals surface area contributed by atoms with Crippen LogP contribution in [0.1, 0.15) is 13.3 Å². The van der Waals surface area contributed by atoms with E-state index < -0.39 is 0 Å². The zero-order chi connectivity index (χ0) is 31.8. The smallest absolute Gasteiger partial charge is 0.128 e. The largest absolute Gasteiger partial charge is 1.00 e. The Bertz CT molecular complexity index is 706. The van der Waals surface area contributed by atoms with Gasteiger partial charge < -0.3 is 116 Å². The zero-order valence-corrected chi connectivity index (χ0v) is 37.4. The van der Waals surface area contributed by atoms with Crippen molar-refractivity contribution < 1.29 is 116 Å². The SMILES string of the molecule is CCC[N+](C)(C)CC[N+](C)(C)CCOCC[N+](C)(C)CC[N+](C)(C)CCOCC[N+](C)(C)CC[N+](C)(C)CCOC.[Cl-].[Cl-].[Cl-].[Cl-].[Cl-].[Cl-]. The molecule has 0 saturated heterocycles. The van der Waals surface area contributed by atoms with Crippen LogP contribution in [-0.4, -0.2) is 230 Å². The van der Waals surface area contributed by atoms with Gasteiger partial charge in [-0.15, -0.1) is 0 Å². The molecule has 0 N–H and O–H groups in total.